The van der Waals surface area contributed by atoms with Gasteiger partial charge in [0.05, 0.1) is 0 Å². The minimum atomic E-state index is 1.23. The first-order valence-electron chi connectivity index (χ1n) is 6.73. The van der Waals surface area contributed by atoms with E-state index >= 15 is 0 Å². The van der Waals surface area contributed by atoms with Crippen LogP contribution in [0.3, 0.4) is 0 Å². The molecular weight excluding hydrogens is 331 g/mol. The van der Waals surface area contributed by atoms with Crippen molar-refractivity contribution in [2.75, 3.05) is 0 Å². The third-order valence-corrected chi connectivity index (χ3v) is 2.67. The molecule has 0 aromatic rings. The first-order valence-corrected chi connectivity index (χ1v) is 8.84. The predicted octanol–water partition coefficient (Wildman–Crippen LogP) is 6.03. The molecular formula is C16H24ClRh. The number of hydrogen-bond acceptors (Lipinski definition) is 0. The van der Waals surface area contributed by atoms with Gasteiger partial charge in [-0.3, -0.25) is 0 Å². The van der Waals surface area contributed by atoms with Crippen LogP contribution in [-0.2, 0) is 17.3 Å². The fraction of sp³-hybridized carbons (Fsp3) is 0.500. The maximum absolute atomic E-state index is 4.53. The number of rotatable bonds is 0. The van der Waals surface area contributed by atoms with Gasteiger partial charge < -0.3 is 0 Å². The van der Waals surface area contributed by atoms with Crippen LogP contribution in [0.15, 0.2) is 48.6 Å². The summed E-state index contributed by atoms with van der Waals surface area (Å²) in [5.74, 6) is 0. The minimum absolute atomic E-state index is 1.23. The SMILES string of the molecule is C1=C\CC/C=C\CC/1.C1=C\CC/C=C\CC/1.[Cl][Rh]. The average Bonchev–Trinajstić information content (AvgIpc) is 2.30. The average molecular weight is 355 g/mol. The second kappa shape index (κ2) is 16.9. The molecule has 0 heterocycles. The molecule has 0 amide bonds. The van der Waals surface area contributed by atoms with Gasteiger partial charge in [0.15, 0.2) is 0 Å². The normalized spacial score (nSPS) is 25.3. The second-order valence-electron chi connectivity index (χ2n) is 4.20. The molecule has 0 fully saturated rings. The van der Waals surface area contributed by atoms with E-state index in [1.54, 1.807) is 0 Å². The number of allylic oxidation sites excluding steroid dienone is 8. The summed E-state index contributed by atoms with van der Waals surface area (Å²) in [7, 11) is 4.53. The standard InChI is InChI=1S/2C8H12.ClH.Rh/c2*1-2-4-6-8-7-5-3-1;;/h2*1-2,7-8H,3-6H2;1H;/q;;;+1/p-1/b2*2-1-,8-7-;;. The van der Waals surface area contributed by atoms with Gasteiger partial charge in [0.2, 0.25) is 0 Å². The van der Waals surface area contributed by atoms with Crippen LogP contribution in [0.25, 0.3) is 0 Å². The molecule has 104 valence electrons. The van der Waals surface area contributed by atoms with Gasteiger partial charge >= 0.3 is 27.0 Å². The number of hydrogen-bond donors (Lipinski definition) is 0. The Morgan fingerprint density at radius 2 is 0.500 bits per heavy atom. The summed E-state index contributed by atoms with van der Waals surface area (Å²) in [6, 6.07) is 0. The molecule has 0 radical (unpaired) electrons. The van der Waals surface area contributed by atoms with Crippen molar-refractivity contribution in [3.05, 3.63) is 48.6 Å². The number of halogens is 1. The Balaban J connectivity index is 0.000000283. The fourth-order valence-corrected chi connectivity index (χ4v) is 1.71. The van der Waals surface area contributed by atoms with Gasteiger partial charge in [0, 0.05) is 0 Å². The summed E-state index contributed by atoms with van der Waals surface area (Å²) in [5, 5.41) is 0. The van der Waals surface area contributed by atoms with Crippen LogP contribution in [-0.4, -0.2) is 0 Å². The summed E-state index contributed by atoms with van der Waals surface area (Å²) >= 11 is 2.02. The van der Waals surface area contributed by atoms with E-state index in [-0.39, 0.29) is 0 Å². The Morgan fingerprint density at radius 1 is 0.389 bits per heavy atom. The van der Waals surface area contributed by atoms with E-state index in [2.05, 4.69) is 58.3 Å². The molecule has 0 spiro atoms. The molecule has 2 heteroatoms. The second-order valence-corrected chi connectivity index (χ2v) is 4.20. The van der Waals surface area contributed by atoms with Crippen molar-refractivity contribution in [3.8, 4) is 0 Å². The molecule has 0 unspecified atom stereocenters. The van der Waals surface area contributed by atoms with E-state index in [0.29, 0.717) is 0 Å². The first kappa shape index (κ1) is 17.9. The summed E-state index contributed by atoms with van der Waals surface area (Å²) < 4.78 is 0. The van der Waals surface area contributed by atoms with Gasteiger partial charge in [-0.15, -0.1) is 0 Å². The Bertz CT molecular complexity index is 184. The van der Waals surface area contributed by atoms with Crippen LogP contribution < -0.4 is 0 Å². The Hall–Kier alpha value is -0.127. The van der Waals surface area contributed by atoms with Gasteiger partial charge in [-0.2, -0.15) is 0 Å². The molecule has 2 aliphatic carbocycles. The zero-order valence-electron chi connectivity index (χ0n) is 11.0. The molecule has 0 aromatic carbocycles. The van der Waals surface area contributed by atoms with E-state index in [4.69, 9.17) is 0 Å². The molecule has 0 atom stereocenters. The molecule has 0 saturated carbocycles. The Morgan fingerprint density at radius 3 is 0.611 bits per heavy atom. The first-order chi connectivity index (χ1) is 9.00. The van der Waals surface area contributed by atoms with Crippen molar-refractivity contribution in [3.63, 3.8) is 0 Å². The van der Waals surface area contributed by atoms with E-state index in [0.717, 1.165) is 0 Å². The van der Waals surface area contributed by atoms with E-state index in [1.807, 2.05) is 17.3 Å². The summed E-state index contributed by atoms with van der Waals surface area (Å²) in [6.07, 6.45) is 28.0. The molecule has 0 aromatic heterocycles. The molecule has 0 bridgehead atoms. The van der Waals surface area contributed by atoms with Crippen LogP contribution in [0.4, 0.5) is 0 Å². The molecule has 2 rings (SSSR count). The van der Waals surface area contributed by atoms with E-state index in [9.17, 15) is 0 Å². The van der Waals surface area contributed by atoms with Crippen molar-refractivity contribution in [1.82, 2.24) is 0 Å². The van der Waals surface area contributed by atoms with Crippen LogP contribution >= 0.6 is 9.69 Å². The fourth-order valence-electron chi connectivity index (χ4n) is 1.71. The quantitative estimate of drug-likeness (QED) is 0.368. The van der Waals surface area contributed by atoms with Crippen LogP contribution in [0.2, 0.25) is 0 Å². The molecule has 0 aliphatic heterocycles. The van der Waals surface area contributed by atoms with Gasteiger partial charge in [-0.25, -0.2) is 0 Å². The molecule has 0 saturated heterocycles. The van der Waals surface area contributed by atoms with Crippen molar-refractivity contribution in [2.24, 2.45) is 0 Å². The Kier molecular flexibility index (Phi) is 16.8. The third-order valence-electron chi connectivity index (χ3n) is 2.67. The summed E-state index contributed by atoms with van der Waals surface area (Å²) in [5.41, 5.74) is 0. The van der Waals surface area contributed by atoms with Gasteiger partial charge in [0.25, 0.3) is 0 Å². The summed E-state index contributed by atoms with van der Waals surface area (Å²) in [6.45, 7) is 0. The van der Waals surface area contributed by atoms with Crippen molar-refractivity contribution >= 4 is 9.69 Å². The van der Waals surface area contributed by atoms with E-state index < -0.39 is 0 Å². The monoisotopic (exact) mass is 354 g/mol. The maximum atomic E-state index is 4.53. The van der Waals surface area contributed by atoms with Crippen LogP contribution in [0.1, 0.15) is 51.4 Å². The van der Waals surface area contributed by atoms with Gasteiger partial charge in [-0.05, 0) is 51.4 Å². The predicted molar refractivity (Wildman–Crippen MR) is 79.3 cm³/mol. The molecule has 0 N–H and O–H groups in total. The van der Waals surface area contributed by atoms with Crippen LogP contribution in [0.5, 0.6) is 0 Å². The van der Waals surface area contributed by atoms with Gasteiger partial charge in [0.1, 0.15) is 0 Å². The van der Waals surface area contributed by atoms with Crippen molar-refractivity contribution in [1.29, 1.82) is 0 Å². The van der Waals surface area contributed by atoms with Crippen molar-refractivity contribution < 1.29 is 17.3 Å². The Labute approximate surface area is 127 Å². The zero-order chi connectivity index (χ0) is 13.3. The van der Waals surface area contributed by atoms with E-state index in [1.165, 1.54) is 51.4 Å². The topological polar surface area (TPSA) is 0 Å². The third kappa shape index (κ3) is 13.9. The molecule has 2 aliphatic rings. The van der Waals surface area contributed by atoms with Crippen molar-refractivity contribution in [2.45, 2.75) is 51.4 Å². The zero-order valence-corrected chi connectivity index (χ0v) is 13.4. The molecule has 18 heavy (non-hydrogen) atoms. The summed E-state index contributed by atoms with van der Waals surface area (Å²) in [4.78, 5) is 0. The van der Waals surface area contributed by atoms with Gasteiger partial charge in [-0.1, -0.05) is 48.6 Å². The van der Waals surface area contributed by atoms with Crippen LogP contribution in [0, 0.1) is 0 Å². The molecule has 0 nitrogen and oxygen atoms in total.